The molecule has 2 heterocycles. The van der Waals surface area contributed by atoms with Crippen LogP contribution in [0.15, 0.2) is 73.6 Å². The molecule has 4 aromatic rings. The molecule has 0 radical (unpaired) electrons. The Balaban J connectivity index is 1.24. The van der Waals surface area contributed by atoms with Gasteiger partial charge in [0.15, 0.2) is 0 Å². The van der Waals surface area contributed by atoms with Crippen LogP contribution in [-0.4, -0.2) is 43.3 Å². The molecule has 0 bridgehead atoms. The highest BCUT2D eigenvalue weighted by Crippen LogP contribution is 2.32. The Kier molecular flexibility index (Phi) is 11.8. The van der Waals surface area contributed by atoms with Gasteiger partial charge in [-0.2, -0.15) is 0 Å². The molecule has 2 atom stereocenters. The van der Waals surface area contributed by atoms with Crippen molar-refractivity contribution in [3.63, 3.8) is 0 Å². The molecule has 0 aliphatic heterocycles. The smallest absolute Gasteiger partial charge is 0.0956 e. The number of benzene rings is 2. The maximum atomic E-state index is 4.74. The average Bonchev–Trinajstić information content (AvgIpc) is 3.69. The number of hydrogen-bond donors (Lipinski definition) is 2. The van der Waals surface area contributed by atoms with Crippen LogP contribution >= 0.6 is 0 Å². The maximum absolute atomic E-state index is 4.74. The summed E-state index contributed by atoms with van der Waals surface area (Å²) in [5, 5.41) is 7.45. The fourth-order valence-corrected chi connectivity index (χ4v) is 6.12. The summed E-state index contributed by atoms with van der Waals surface area (Å²) in [5.74, 6) is 0. The first-order chi connectivity index (χ1) is 22.3. The monoisotopic (exact) mass is 653 g/mol. The van der Waals surface area contributed by atoms with Crippen LogP contribution in [0.4, 0.5) is 0 Å². The molecule has 0 saturated heterocycles. The molecule has 0 fully saturated rings. The average molecular weight is 653 g/mol. The fraction of sp³-hybridized carbons (Fsp3) is 0.571. The zero-order chi connectivity index (χ0) is 35.3. The third-order valence-electron chi connectivity index (χ3n) is 9.37. The van der Waals surface area contributed by atoms with Crippen molar-refractivity contribution in [2.75, 3.05) is 13.1 Å². The van der Waals surface area contributed by atoms with E-state index in [0.717, 1.165) is 50.2 Å². The molecule has 0 aliphatic carbocycles. The Morgan fingerprint density at radius 2 is 1.02 bits per heavy atom. The molecule has 2 aromatic carbocycles. The predicted molar refractivity (Wildman–Crippen MR) is 204 cm³/mol. The standard InChI is InChI=1S/C42H64N6/c1-31(25-45-40(6,7)8)47-27-37(43-29-47)36-19-15-34(16-20-36)24-41(9,10)21-22-42(11,12)46-26-32(2)48-28-38(44-30-48)35-17-13-33(14-18-35)23-39(3,4)5/h13-20,27-32,45-46H,21-26H2,1-12H3/t31-,32+/m0/s1. The zero-order valence-corrected chi connectivity index (χ0v) is 32.1. The minimum Gasteiger partial charge on any atom is -0.333 e. The van der Waals surface area contributed by atoms with E-state index in [-0.39, 0.29) is 21.9 Å². The molecular weight excluding hydrogens is 589 g/mol. The molecule has 0 amide bonds. The van der Waals surface area contributed by atoms with Crippen LogP contribution in [0.2, 0.25) is 0 Å². The SMILES string of the molecule is C[C@H](CNC(C)(C)CCC(C)(C)Cc1ccc(-c2cn([C@@H](C)CNC(C)(C)C)cn2)cc1)n1cnc(-c2ccc(CC(C)(C)C)cc2)c1. The van der Waals surface area contributed by atoms with Crippen molar-refractivity contribution in [3.05, 3.63) is 84.7 Å². The number of hydrogen-bond acceptors (Lipinski definition) is 4. The second kappa shape index (κ2) is 15.1. The third-order valence-corrected chi connectivity index (χ3v) is 9.37. The van der Waals surface area contributed by atoms with Crippen molar-refractivity contribution in [1.29, 1.82) is 0 Å². The lowest BCUT2D eigenvalue weighted by Crippen LogP contribution is -2.42. The molecule has 0 spiro atoms. The first-order valence-corrected chi connectivity index (χ1v) is 18.0. The van der Waals surface area contributed by atoms with Crippen LogP contribution in [0.5, 0.6) is 0 Å². The van der Waals surface area contributed by atoms with Gasteiger partial charge in [-0.15, -0.1) is 0 Å². The van der Waals surface area contributed by atoms with E-state index < -0.39 is 0 Å². The highest BCUT2D eigenvalue weighted by atomic mass is 15.1. The van der Waals surface area contributed by atoms with Crippen molar-refractivity contribution in [1.82, 2.24) is 29.7 Å². The first kappa shape index (κ1) is 37.6. The van der Waals surface area contributed by atoms with Gasteiger partial charge in [0.25, 0.3) is 0 Å². The van der Waals surface area contributed by atoms with Crippen molar-refractivity contribution in [3.8, 4) is 22.5 Å². The molecule has 2 aromatic heterocycles. The molecule has 262 valence electrons. The third kappa shape index (κ3) is 11.7. The number of imidazole rings is 2. The molecule has 48 heavy (non-hydrogen) atoms. The van der Waals surface area contributed by atoms with Gasteiger partial charge in [0, 0.05) is 59.8 Å². The first-order valence-electron chi connectivity index (χ1n) is 18.0. The van der Waals surface area contributed by atoms with Crippen molar-refractivity contribution >= 4 is 0 Å². The Hall–Kier alpha value is -3.22. The van der Waals surface area contributed by atoms with E-state index in [1.54, 1.807) is 0 Å². The van der Waals surface area contributed by atoms with Crippen molar-refractivity contribution in [2.45, 2.75) is 132 Å². The summed E-state index contributed by atoms with van der Waals surface area (Å²) in [6.45, 7) is 29.2. The lowest BCUT2D eigenvalue weighted by atomic mass is 9.78. The van der Waals surface area contributed by atoms with Crippen LogP contribution in [0, 0.1) is 10.8 Å². The van der Waals surface area contributed by atoms with Crippen LogP contribution in [-0.2, 0) is 12.8 Å². The summed E-state index contributed by atoms with van der Waals surface area (Å²) in [6, 6.07) is 18.6. The van der Waals surface area contributed by atoms with Gasteiger partial charge < -0.3 is 19.8 Å². The Bertz CT molecular complexity index is 1560. The largest absolute Gasteiger partial charge is 0.333 e. The van der Waals surface area contributed by atoms with E-state index in [4.69, 9.17) is 9.97 Å². The van der Waals surface area contributed by atoms with Gasteiger partial charge in [0.1, 0.15) is 0 Å². The fourth-order valence-electron chi connectivity index (χ4n) is 6.12. The second-order valence-electron chi connectivity index (χ2n) is 18.0. The Morgan fingerprint density at radius 1 is 0.583 bits per heavy atom. The topological polar surface area (TPSA) is 59.7 Å². The van der Waals surface area contributed by atoms with Gasteiger partial charge in [0.2, 0.25) is 0 Å². The highest BCUT2D eigenvalue weighted by Gasteiger charge is 2.25. The van der Waals surface area contributed by atoms with Crippen LogP contribution in [0.3, 0.4) is 0 Å². The van der Waals surface area contributed by atoms with Gasteiger partial charge in [0.05, 0.1) is 24.0 Å². The van der Waals surface area contributed by atoms with Gasteiger partial charge in [-0.1, -0.05) is 83.1 Å². The molecule has 0 aliphatic rings. The lowest BCUT2D eigenvalue weighted by Gasteiger charge is -2.33. The molecule has 0 saturated carbocycles. The molecule has 6 heteroatoms. The summed E-state index contributed by atoms with van der Waals surface area (Å²) in [7, 11) is 0. The minimum absolute atomic E-state index is 0.0417. The normalized spacial score (nSPS) is 14.3. The molecule has 4 rings (SSSR count). The molecule has 6 nitrogen and oxygen atoms in total. The van der Waals surface area contributed by atoms with E-state index in [2.05, 4.69) is 164 Å². The van der Waals surface area contributed by atoms with Crippen molar-refractivity contribution in [2.24, 2.45) is 10.8 Å². The predicted octanol–water partition coefficient (Wildman–Crippen LogP) is 9.93. The summed E-state index contributed by atoms with van der Waals surface area (Å²) >= 11 is 0. The number of aromatic nitrogens is 4. The number of rotatable bonds is 15. The molecular formula is C42H64N6. The lowest BCUT2D eigenvalue weighted by molar-refractivity contribution is 0.252. The van der Waals surface area contributed by atoms with Gasteiger partial charge >= 0.3 is 0 Å². The minimum atomic E-state index is 0.0417. The van der Waals surface area contributed by atoms with Crippen LogP contribution in [0.1, 0.15) is 119 Å². The van der Waals surface area contributed by atoms with E-state index in [0.29, 0.717) is 12.1 Å². The Morgan fingerprint density at radius 3 is 1.46 bits per heavy atom. The summed E-state index contributed by atoms with van der Waals surface area (Å²) in [4.78, 5) is 9.45. The Labute approximate surface area is 292 Å². The van der Waals surface area contributed by atoms with Crippen molar-refractivity contribution < 1.29 is 0 Å². The quantitative estimate of drug-likeness (QED) is 0.134. The van der Waals surface area contributed by atoms with E-state index in [1.807, 2.05) is 12.7 Å². The van der Waals surface area contributed by atoms with Gasteiger partial charge in [-0.25, -0.2) is 9.97 Å². The summed E-state index contributed by atoms with van der Waals surface area (Å²) in [6.07, 6.45) is 12.7. The van der Waals surface area contributed by atoms with Crippen LogP contribution < -0.4 is 10.6 Å². The van der Waals surface area contributed by atoms with E-state index in [1.165, 1.54) is 22.3 Å². The highest BCUT2D eigenvalue weighted by molar-refractivity contribution is 5.59. The van der Waals surface area contributed by atoms with E-state index in [9.17, 15) is 0 Å². The zero-order valence-electron chi connectivity index (χ0n) is 32.1. The number of nitrogens with zero attached hydrogens (tertiary/aromatic N) is 4. The van der Waals surface area contributed by atoms with E-state index >= 15 is 0 Å². The molecule has 0 unspecified atom stereocenters. The summed E-state index contributed by atoms with van der Waals surface area (Å²) in [5.41, 5.74) is 7.81. The number of nitrogens with one attached hydrogen (secondary N) is 2. The second-order valence-corrected chi connectivity index (χ2v) is 18.0. The van der Waals surface area contributed by atoms with Gasteiger partial charge in [-0.05, 0) is 96.1 Å². The molecule has 2 N–H and O–H groups in total. The summed E-state index contributed by atoms with van der Waals surface area (Å²) < 4.78 is 4.45. The van der Waals surface area contributed by atoms with Gasteiger partial charge in [-0.3, -0.25) is 0 Å². The maximum Gasteiger partial charge on any atom is 0.0956 e. The van der Waals surface area contributed by atoms with Crippen LogP contribution in [0.25, 0.3) is 22.5 Å².